The summed E-state index contributed by atoms with van der Waals surface area (Å²) in [7, 11) is 1.44. The summed E-state index contributed by atoms with van der Waals surface area (Å²) >= 11 is 0. The fraction of sp³-hybridized carbons (Fsp3) is 0.529. The van der Waals surface area contributed by atoms with Gasteiger partial charge in [0.1, 0.15) is 0 Å². The topological polar surface area (TPSA) is 75.6 Å². The second-order valence-electron chi connectivity index (χ2n) is 6.09. The van der Waals surface area contributed by atoms with Crippen LogP contribution in [0.5, 0.6) is 0 Å². The maximum absolute atomic E-state index is 13.4. The molecule has 2 rings (SSSR count). The number of nitrogens with one attached hydrogen (secondary N) is 1. The molecular weight excluding hydrogens is 320 g/mol. The molecule has 1 unspecified atom stereocenters. The summed E-state index contributed by atoms with van der Waals surface area (Å²) in [5.41, 5.74) is 0.398. The first-order valence-electron chi connectivity index (χ1n) is 7.89. The van der Waals surface area contributed by atoms with Gasteiger partial charge in [0.25, 0.3) is 0 Å². The van der Waals surface area contributed by atoms with Crippen molar-refractivity contribution >= 4 is 11.9 Å². The van der Waals surface area contributed by atoms with E-state index in [-0.39, 0.29) is 12.5 Å². The first kappa shape index (κ1) is 18.3. The van der Waals surface area contributed by atoms with Crippen molar-refractivity contribution in [1.29, 1.82) is 0 Å². The molecule has 0 aliphatic heterocycles. The van der Waals surface area contributed by atoms with Crippen LogP contribution in [0, 0.1) is 23.5 Å². The summed E-state index contributed by atoms with van der Waals surface area (Å²) in [6, 6.07) is 2.80. The lowest BCUT2D eigenvalue weighted by Gasteiger charge is -2.28. The van der Waals surface area contributed by atoms with E-state index in [4.69, 9.17) is 9.84 Å². The van der Waals surface area contributed by atoms with Crippen LogP contribution in [0.4, 0.5) is 8.78 Å². The van der Waals surface area contributed by atoms with Gasteiger partial charge in [0, 0.05) is 13.0 Å². The van der Waals surface area contributed by atoms with Crippen LogP contribution >= 0.6 is 0 Å². The molecule has 1 fully saturated rings. The fourth-order valence-corrected chi connectivity index (χ4v) is 3.06. The minimum absolute atomic E-state index is 0.103. The highest BCUT2D eigenvalue weighted by molar-refractivity contribution is 5.80. The standard InChI is InChI=1S/C17H21F2NO4/c1-24-9-15(10-5-6-13(18)14(19)8-10)20-16(21)11-3-2-4-12(7-11)17(22)23/h5-6,8,11-12,15H,2-4,7,9H2,1H3,(H,20,21)(H,22,23)/t11-,12+,15?/m1/s1. The van der Waals surface area contributed by atoms with Crippen molar-refractivity contribution in [2.45, 2.75) is 31.7 Å². The molecule has 0 radical (unpaired) electrons. The Bertz CT molecular complexity index is 608. The van der Waals surface area contributed by atoms with Crippen molar-refractivity contribution in [1.82, 2.24) is 5.32 Å². The second-order valence-corrected chi connectivity index (χ2v) is 6.09. The molecule has 1 aromatic rings. The van der Waals surface area contributed by atoms with Crippen LogP contribution in [-0.2, 0) is 14.3 Å². The van der Waals surface area contributed by atoms with Crippen molar-refractivity contribution < 1.29 is 28.2 Å². The maximum Gasteiger partial charge on any atom is 0.306 e. The number of amides is 1. The molecule has 1 aliphatic carbocycles. The number of aliphatic carboxylic acids is 1. The highest BCUT2D eigenvalue weighted by Crippen LogP contribution is 2.30. The maximum atomic E-state index is 13.4. The molecule has 1 amide bonds. The third kappa shape index (κ3) is 4.50. The number of ether oxygens (including phenoxy) is 1. The van der Waals surface area contributed by atoms with Gasteiger partial charge in [-0.05, 0) is 37.0 Å². The van der Waals surface area contributed by atoms with Crippen LogP contribution in [0.2, 0.25) is 0 Å². The Kier molecular flexibility index (Phi) is 6.25. The zero-order chi connectivity index (χ0) is 17.7. The number of benzene rings is 1. The Labute approximate surface area is 139 Å². The van der Waals surface area contributed by atoms with Crippen LogP contribution in [0.3, 0.4) is 0 Å². The Balaban J connectivity index is 2.07. The molecule has 132 valence electrons. The third-order valence-electron chi connectivity index (χ3n) is 4.39. The first-order chi connectivity index (χ1) is 11.4. The largest absolute Gasteiger partial charge is 0.481 e. The van der Waals surface area contributed by atoms with Gasteiger partial charge in [-0.15, -0.1) is 0 Å². The fourth-order valence-electron chi connectivity index (χ4n) is 3.06. The van der Waals surface area contributed by atoms with E-state index in [1.807, 2.05) is 0 Å². The van der Waals surface area contributed by atoms with Crippen molar-refractivity contribution in [3.63, 3.8) is 0 Å². The number of rotatable bonds is 6. The number of hydrogen-bond acceptors (Lipinski definition) is 3. The van der Waals surface area contributed by atoms with Crippen LogP contribution in [0.15, 0.2) is 18.2 Å². The lowest BCUT2D eigenvalue weighted by molar-refractivity contribution is -0.144. The predicted octanol–water partition coefficient (Wildman–Crippen LogP) is 2.66. The van der Waals surface area contributed by atoms with Crippen LogP contribution in [0.25, 0.3) is 0 Å². The van der Waals surface area contributed by atoms with Gasteiger partial charge in [-0.3, -0.25) is 9.59 Å². The summed E-state index contributed by atoms with van der Waals surface area (Å²) in [6.07, 6.45) is 2.16. The molecule has 0 heterocycles. The zero-order valence-electron chi connectivity index (χ0n) is 13.4. The van der Waals surface area contributed by atoms with Gasteiger partial charge in [0.2, 0.25) is 5.91 Å². The summed E-state index contributed by atoms with van der Waals surface area (Å²) in [5.74, 6) is -4.04. The SMILES string of the molecule is COCC(NC(=O)[C@@H]1CCC[C@H](C(=O)O)C1)c1ccc(F)c(F)c1. The van der Waals surface area contributed by atoms with Crippen LogP contribution in [-0.4, -0.2) is 30.7 Å². The Morgan fingerprint density at radius 3 is 2.62 bits per heavy atom. The van der Waals surface area contributed by atoms with E-state index in [1.165, 1.54) is 13.2 Å². The molecule has 7 heteroatoms. The van der Waals surface area contributed by atoms with Gasteiger partial charge in [-0.25, -0.2) is 8.78 Å². The summed E-state index contributed by atoms with van der Waals surface area (Å²) < 4.78 is 31.5. The number of hydrogen-bond donors (Lipinski definition) is 2. The van der Waals surface area contributed by atoms with E-state index in [0.717, 1.165) is 12.1 Å². The number of carboxylic acid groups (broad SMARTS) is 1. The minimum Gasteiger partial charge on any atom is -0.481 e. The van der Waals surface area contributed by atoms with Crippen molar-refractivity contribution in [2.75, 3.05) is 13.7 Å². The third-order valence-corrected chi connectivity index (χ3v) is 4.39. The molecule has 24 heavy (non-hydrogen) atoms. The van der Waals surface area contributed by atoms with Crippen LogP contribution < -0.4 is 5.32 Å². The average Bonchev–Trinajstić information content (AvgIpc) is 2.57. The molecule has 1 aromatic carbocycles. The van der Waals surface area contributed by atoms with Gasteiger partial charge < -0.3 is 15.2 Å². The lowest BCUT2D eigenvalue weighted by Crippen LogP contribution is -2.38. The summed E-state index contributed by atoms with van der Waals surface area (Å²) in [5, 5.41) is 11.9. The molecule has 1 saturated carbocycles. The number of methoxy groups -OCH3 is 1. The van der Waals surface area contributed by atoms with E-state index in [1.54, 1.807) is 0 Å². The number of carboxylic acids is 1. The zero-order valence-corrected chi connectivity index (χ0v) is 13.4. The summed E-state index contributed by atoms with van der Waals surface area (Å²) in [4.78, 5) is 23.6. The summed E-state index contributed by atoms with van der Waals surface area (Å²) in [6.45, 7) is 0.103. The Hall–Kier alpha value is -2.02. The monoisotopic (exact) mass is 341 g/mol. The second kappa shape index (κ2) is 8.19. The predicted molar refractivity (Wildman–Crippen MR) is 82.2 cm³/mol. The number of carbonyl (C=O) groups excluding carboxylic acids is 1. The molecule has 2 N–H and O–H groups in total. The van der Waals surface area contributed by atoms with Gasteiger partial charge in [0.15, 0.2) is 11.6 Å². The Morgan fingerprint density at radius 2 is 2.00 bits per heavy atom. The van der Waals surface area contributed by atoms with Crippen molar-refractivity contribution in [2.24, 2.45) is 11.8 Å². The molecule has 3 atom stereocenters. The molecular formula is C17H21F2NO4. The van der Waals surface area contributed by atoms with E-state index >= 15 is 0 Å². The molecule has 0 spiro atoms. The van der Waals surface area contributed by atoms with Gasteiger partial charge in [-0.2, -0.15) is 0 Å². The highest BCUT2D eigenvalue weighted by Gasteiger charge is 2.32. The van der Waals surface area contributed by atoms with Crippen LogP contribution in [0.1, 0.15) is 37.3 Å². The van der Waals surface area contributed by atoms with E-state index in [9.17, 15) is 18.4 Å². The van der Waals surface area contributed by atoms with E-state index < -0.39 is 35.5 Å². The molecule has 0 aromatic heterocycles. The normalized spacial score (nSPS) is 22.0. The highest BCUT2D eigenvalue weighted by atomic mass is 19.2. The number of carbonyl (C=O) groups is 2. The van der Waals surface area contributed by atoms with Crippen molar-refractivity contribution in [3.05, 3.63) is 35.4 Å². The Morgan fingerprint density at radius 1 is 1.29 bits per heavy atom. The van der Waals surface area contributed by atoms with Gasteiger partial charge in [0.05, 0.1) is 18.6 Å². The number of halogens is 2. The molecule has 0 bridgehead atoms. The van der Waals surface area contributed by atoms with Gasteiger partial charge in [-0.1, -0.05) is 12.5 Å². The first-order valence-corrected chi connectivity index (χ1v) is 7.89. The van der Waals surface area contributed by atoms with E-state index in [2.05, 4.69) is 5.32 Å². The molecule has 1 aliphatic rings. The minimum atomic E-state index is -0.994. The molecule has 0 saturated heterocycles. The average molecular weight is 341 g/mol. The molecule has 5 nitrogen and oxygen atoms in total. The van der Waals surface area contributed by atoms with Gasteiger partial charge >= 0.3 is 5.97 Å². The van der Waals surface area contributed by atoms with Crippen molar-refractivity contribution in [3.8, 4) is 0 Å². The quantitative estimate of drug-likeness (QED) is 0.834. The van der Waals surface area contributed by atoms with E-state index in [0.29, 0.717) is 31.2 Å². The lowest BCUT2D eigenvalue weighted by atomic mass is 9.81. The smallest absolute Gasteiger partial charge is 0.306 e.